The van der Waals surface area contributed by atoms with Gasteiger partial charge in [-0.1, -0.05) is 73.2 Å². The van der Waals surface area contributed by atoms with E-state index >= 15 is 0 Å². The lowest BCUT2D eigenvalue weighted by Gasteiger charge is -2.05. The summed E-state index contributed by atoms with van der Waals surface area (Å²) in [5.41, 5.74) is 4.08. The van der Waals surface area contributed by atoms with Crippen molar-refractivity contribution in [2.75, 3.05) is 0 Å². The lowest BCUT2D eigenvalue weighted by atomic mass is 10.0. The van der Waals surface area contributed by atoms with Crippen molar-refractivity contribution in [1.82, 2.24) is 0 Å². The molecule has 0 aliphatic rings. The Hall–Kier alpha value is -2.12. The molecule has 0 nitrogen and oxygen atoms in total. The first-order chi connectivity index (χ1) is 11.2. The van der Waals surface area contributed by atoms with Crippen LogP contribution < -0.4 is 0 Å². The number of allylic oxidation sites excluding steroid dienone is 6. The number of fused-ring (bicyclic) bond motifs is 3. The van der Waals surface area contributed by atoms with Crippen molar-refractivity contribution < 1.29 is 0 Å². The van der Waals surface area contributed by atoms with Crippen molar-refractivity contribution >= 4 is 37.1 Å². The molecule has 0 atom stereocenters. The Kier molecular flexibility index (Phi) is 4.78. The molecule has 0 unspecified atom stereocenters. The first-order valence-electron chi connectivity index (χ1n) is 8.12. The zero-order valence-corrected chi connectivity index (χ0v) is 14.8. The van der Waals surface area contributed by atoms with E-state index in [0.717, 1.165) is 6.42 Å². The molecule has 1 heterocycles. The highest BCUT2D eigenvalue weighted by molar-refractivity contribution is 7.26. The maximum atomic E-state index is 2.25. The van der Waals surface area contributed by atoms with Crippen LogP contribution in [0.5, 0.6) is 0 Å². The van der Waals surface area contributed by atoms with Crippen LogP contribution in [0.25, 0.3) is 25.7 Å². The second-order valence-corrected chi connectivity index (χ2v) is 7.01. The lowest BCUT2D eigenvalue weighted by Crippen LogP contribution is -1.82. The molecule has 2 aromatic carbocycles. The fraction of sp³-hybridized carbons (Fsp3) is 0.182. The van der Waals surface area contributed by atoms with Crippen LogP contribution in [0.1, 0.15) is 32.8 Å². The monoisotopic (exact) mass is 318 g/mol. The Morgan fingerprint density at radius 3 is 2.43 bits per heavy atom. The molecule has 1 aromatic heterocycles. The van der Waals surface area contributed by atoms with E-state index in [1.807, 2.05) is 11.3 Å². The SMILES string of the molecule is CC/C(=C\C=C/C=C(C)C)c1cccc2c1sc1ccccc12. The van der Waals surface area contributed by atoms with Gasteiger partial charge in [0.15, 0.2) is 0 Å². The van der Waals surface area contributed by atoms with Crippen molar-refractivity contribution in [2.45, 2.75) is 27.2 Å². The van der Waals surface area contributed by atoms with Gasteiger partial charge in [0.1, 0.15) is 0 Å². The first kappa shape index (κ1) is 15.8. The number of benzene rings is 2. The van der Waals surface area contributed by atoms with Gasteiger partial charge in [-0.15, -0.1) is 11.3 Å². The average Bonchev–Trinajstić information content (AvgIpc) is 2.94. The highest BCUT2D eigenvalue weighted by atomic mass is 32.1. The summed E-state index contributed by atoms with van der Waals surface area (Å²) in [6.45, 7) is 6.46. The summed E-state index contributed by atoms with van der Waals surface area (Å²) in [4.78, 5) is 0. The Balaban J connectivity index is 2.12. The van der Waals surface area contributed by atoms with Crippen LogP contribution in [0.15, 0.2) is 72.3 Å². The van der Waals surface area contributed by atoms with Gasteiger partial charge in [-0.25, -0.2) is 0 Å². The van der Waals surface area contributed by atoms with Crippen LogP contribution >= 0.6 is 11.3 Å². The number of rotatable bonds is 4. The molecule has 3 rings (SSSR count). The Bertz CT molecular complexity index is 915. The molecule has 116 valence electrons. The van der Waals surface area contributed by atoms with Crippen LogP contribution in [0, 0.1) is 0 Å². The predicted molar refractivity (Wildman–Crippen MR) is 106 cm³/mol. The summed E-state index contributed by atoms with van der Waals surface area (Å²) in [5.74, 6) is 0. The summed E-state index contributed by atoms with van der Waals surface area (Å²) in [5, 5.41) is 2.74. The molecule has 0 saturated heterocycles. The maximum Gasteiger partial charge on any atom is 0.0430 e. The van der Waals surface area contributed by atoms with Crippen LogP contribution in [-0.2, 0) is 0 Å². The van der Waals surface area contributed by atoms with E-state index in [9.17, 15) is 0 Å². The molecule has 0 saturated carbocycles. The van der Waals surface area contributed by atoms with Gasteiger partial charge in [-0.3, -0.25) is 0 Å². The molecule has 0 fully saturated rings. The minimum Gasteiger partial charge on any atom is -0.135 e. The first-order valence-corrected chi connectivity index (χ1v) is 8.93. The van der Waals surface area contributed by atoms with E-state index in [1.54, 1.807) is 0 Å². The van der Waals surface area contributed by atoms with Gasteiger partial charge in [0, 0.05) is 20.2 Å². The molecule has 23 heavy (non-hydrogen) atoms. The molecule has 0 bridgehead atoms. The van der Waals surface area contributed by atoms with Crippen LogP contribution in [0.2, 0.25) is 0 Å². The van der Waals surface area contributed by atoms with E-state index in [1.165, 1.54) is 36.9 Å². The third kappa shape index (κ3) is 3.30. The third-order valence-corrected chi connectivity index (χ3v) is 5.19. The fourth-order valence-electron chi connectivity index (χ4n) is 2.82. The average molecular weight is 318 g/mol. The second kappa shape index (κ2) is 6.97. The standard InChI is InChI=1S/C22H22S/c1-4-17(11-6-5-10-16(2)3)18-13-9-14-20-19-12-7-8-15-21(19)23-22(18)20/h5-15H,4H2,1-3H3/b6-5-,17-11+. The zero-order valence-electron chi connectivity index (χ0n) is 14.0. The zero-order chi connectivity index (χ0) is 16.2. The van der Waals surface area contributed by atoms with Gasteiger partial charge in [0.25, 0.3) is 0 Å². The van der Waals surface area contributed by atoms with Gasteiger partial charge in [0.05, 0.1) is 0 Å². The highest BCUT2D eigenvalue weighted by Crippen LogP contribution is 2.38. The molecule has 3 aromatic rings. The molecule has 0 aliphatic carbocycles. The van der Waals surface area contributed by atoms with Crippen molar-refractivity contribution in [3.8, 4) is 0 Å². The molecular weight excluding hydrogens is 296 g/mol. The topological polar surface area (TPSA) is 0 Å². The fourth-order valence-corrected chi connectivity index (χ4v) is 4.07. The molecular formula is C22H22S. The number of hydrogen-bond donors (Lipinski definition) is 0. The third-order valence-electron chi connectivity index (χ3n) is 3.97. The van der Waals surface area contributed by atoms with Crippen LogP contribution in [-0.4, -0.2) is 0 Å². The quantitative estimate of drug-likeness (QED) is 0.440. The molecule has 0 aliphatic heterocycles. The van der Waals surface area contributed by atoms with Crippen LogP contribution in [0.3, 0.4) is 0 Å². The lowest BCUT2D eigenvalue weighted by molar-refractivity contribution is 1.25. The predicted octanol–water partition coefficient (Wildman–Crippen LogP) is 7.37. The second-order valence-electron chi connectivity index (χ2n) is 5.95. The Labute approximate surface area is 142 Å². The van der Waals surface area contributed by atoms with E-state index in [4.69, 9.17) is 0 Å². The summed E-state index contributed by atoms with van der Waals surface area (Å²) in [6.07, 6.45) is 9.70. The molecule has 1 heteroatoms. The Morgan fingerprint density at radius 2 is 1.65 bits per heavy atom. The van der Waals surface area contributed by atoms with Gasteiger partial charge in [-0.05, 0) is 37.5 Å². The van der Waals surface area contributed by atoms with E-state index < -0.39 is 0 Å². The summed E-state index contributed by atoms with van der Waals surface area (Å²) >= 11 is 1.90. The summed E-state index contributed by atoms with van der Waals surface area (Å²) in [7, 11) is 0. The Morgan fingerprint density at radius 1 is 0.913 bits per heavy atom. The van der Waals surface area contributed by atoms with Gasteiger partial charge in [-0.2, -0.15) is 0 Å². The van der Waals surface area contributed by atoms with E-state index in [-0.39, 0.29) is 0 Å². The minimum atomic E-state index is 1.03. The normalized spacial score (nSPS) is 12.4. The van der Waals surface area contributed by atoms with Crippen molar-refractivity contribution in [1.29, 1.82) is 0 Å². The molecule has 0 spiro atoms. The molecule has 0 N–H and O–H groups in total. The summed E-state index contributed by atoms with van der Waals surface area (Å²) in [6, 6.07) is 15.4. The van der Waals surface area contributed by atoms with E-state index in [2.05, 4.69) is 87.5 Å². The smallest absolute Gasteiger partial charge is 0.0430 e. The van der Waals surface area contributed by atoms with Crippen molar-refractivity contribution in [3.05, 3.63) is 77.9 Å². The molecule has 0 radical (unpaired) electrons. The van der Waals surface area contributed by atoms with Crippen LogP contribution in [0.4, 0.5) is 0 Å². The highest BCUT2D eigenvalue weighted by Gasteiger charge is 2.10. The molecule has 0 amide bonds. The summed E-state index contributed by atoms with van der Waals surface area (Å²) < 4.78 is 2.77. The van der Waals surface area contributed by atoms with E-state index in [0.29, 0.717) is 0 Å². The number of thiophene rings is 1. The minimum absolute atomic E-state index is 1.03. The maximum absolute atomic E-state index is 2.25. The van der Waals surface area contributed by atoms with Gasteiger partial charge >= 0.3 is 0 Å². The number of hydrogen-bond acceptors (Lipinski definition) is 1. The van der Waals surface area contributed by atoms with Crippen molar-refractivity contribution in [3.63, 3.8) is 0 Å². The van der Waals surface area contributed by atoms with Crippen molar-refractivity contribution in [2.24, 2.45) is 0 Å². The van der Waals surface area contributed by atoms with Gasteiger partial charge in [0.2, 0.25) is 0 Å². The van der Waals surface area contributed by atoms with Gasteiger partial charge < -0.3 is 0 Å². The largest absolute Gasteiger partial charge is 0.135 e.